The van der Waals surface area contributed by atoms with Crippen LogP contribution >= 0.6 is 24.8 Å². The van der Waals surface area contributed by atoms with Crippen molar-refractivity contribution in [1.82, 2.24) is 15.6 Å². The smallest absolute Gasteiger partial charge is 0.270 e. The molecule has 126 valence electrons. The minimum Gasteiger partial charge on any atom is -0.457 e. The lowest BCUT2D eigenvalue weighted by Gasteiger charge is -2.07. The Morgan fingerprint density at radius 1 is 1.09 bits per heavy atom. The topological polar surface area (TPSA) is 63.2 Å². The summed E-state index contributed by atoms with van der Waals surface area (Å²) >= 11 is 0. The second-order valence-electron chi connectivity index (χ2n) is 4.50. The molecule has 23 heavy (non-hydrogen) atoms. The largest absolute Gasteiger partial charge is 0.457 e. The van der Waals surface area contributed by atoms with Crippen molar-refractivity contribution in [2.24, 2.45) is 0 Å². The fourth-order valence-electron chi connectivity index (χ4n) is 1.78. The molecule has 0 fully saturated rings. The summed E-state index contributed by atoms with van der Waals surface area (Å²) in [6, 6.07) is 12.8. The van der Waals surface area contributed by atoms with Crippen LogP contribution in [-0.4, -0.2) is 31.0 Å². The van der Waals surface area contributed by atoms with Crippen LogP contribution in [0.15, 0.2) is 48.7 Å². The number of rotatable bonds is 7. The van der Waals surface area contributed by atoms with Crippen LogP contribution in [0.1, 0.15) is 16.9 Å². The molecule has 2 rings (SSSR count). The average Bonchev–Trinajstić information content (AvgIpc) is 2.53. The molecular weight excluding hydrogens is 337 g/mol. The van der Waals surface area contributed by atoms with Crippen LogP contribution in [0.4, 0.5) is 0 Å². The summed E-state index contributed by atoms with van der Waals surface area (Å²) in [7, 11) is 1.88. The van der Waals surface area contributed by atoms with Crippen LogP contribution in [0.5, 0.6) is 11.5 Å². The predicted molar refractivity (Wildman–Crippen MR) is 96.1 cm³/mol. The van der Waals surface area contributed by atoms with Crippen LogP contribution in [0.25, 0.3) is 0 Å². The Hall–Kier alpha value is -1.82. The quantitative estimate of drug-likeness (QED) is 0.747. The maximum Gasteiger partial charge on any atom is 0.270 e. The van der Waals surface area contributed by atoms with E-state index in [9.17, 15) is 4.79 Å². The number of carbonyl (C=O) groups excluding carboxylic acids is 1. The lowest BCUT2D eigenvalue weighted by molar-refractivity contribution is 0.0948. The molecule has 2 aromatic rings. The normalized spacial score (nSPS) is 9.26. The molecule has 0 spiro atoms. The summed E-state index contributed by atoms with van der Waals surface area (Å²) in [5.41, 5.74) is 0.355. The van der Waals surface area contributed by atoms with Gasteiger partial charge in [-0.2, -0.15) is 0 Å². The van der Waals surface area contributed by atoms with Gasteiger partial charge < -0.3 is 15.4 Å². The Morgan fingerprint density at radius 2 is 1.83 bits per heavy atom. The SMILES string of the molecule is CNCCCNC(=O)c1cc(Oc2ccccc2)ccn1.Cl.Cl. The summed E-state index contributed by atoms with van der Waals surface area (Å²) < 4.78 is 5.68. The summed E-state index contributed by atoms with van der Waals surface area (Å²) in [6.07, 6.45) is 2.45. The summed E-state index contributed by atoms with van der Waals surface area (Å²) in [5, 5.41) is 5.86. The Kier molecular flexibility index (Phi) is 10.8. The van der Waals surface area contributed by atoms with Crippen LogP contribution < -0.4 is 15.4 Å². The molecule has 0 radical (unpaired) electrons. The average molecular weight is 358 g/mol. The lowest BCUT2D eigenvalue weighted by atomic mass is 10.3. The van der Waals surface area contributed by atoms with E-state index in [2.05, 4.69) is 15.6 Å². The molecule has 7 heteroatoms. The number of halogens is 2. The number of ether oxygens (including phenoxy) is 1. The van der Waals surface area contributed by atoms with Gasteiger partial charge in [0.25, 0.3) is 5.91 Å². The Morgan fingerprint density at radius 3 is 2.52 bits per heavy atom. The molecule has 5 nitrogen and oxygen atoms in total. The number of amides is 1. The fourth-order valence-corrected chi connectivity index (χ4v) is 1.78. The van der Waals surface area contributed by atoms with Crippen molar-refractivity contribution in [3.63, 3.8) is 0 Å². The van der Waals surface area contributed by atoms with Crippen molar-refractivity contribution >= 4 is 30.7 Å². The van der Waals surface area contributed by atoms with Crippen LogP contribution in [0, 0.1) is 0 Å². The van der Waals surface area contributed by atoms with E-state index in [1.807, 2.05) is 37.4 Å². The Balaban J connectivity index is 0.00000242. The van der Waals surface area contributed by atoms with Crippen molar-refractivity contribution in [1.29, 1.82) is 0 Å². The second-order valence-corrected chi connectivity index (χ2v) is 4.50. The first kappa shape index (κ1) is 21.2. The molecule has 1 aromatic heterocycles. The third-order valence-electron chi connectivity index (χ3n) is 2.83. The van der Waals surface area contributed by atoms with Gasteiger partial charge in [0.2, 0.25) is 0 Å². The maximum absolute atomic E-state index is 12.0. The molecule has 0 aliphatic rings. The van der Waals surface area contributed by atoms with E-state index in [1.165, 1.54) is 0 Å². The molecule has 0 unspecified atom stereocenters. The second kappa shape index (κ2) is 11.7. The van der Waals surface area contributed by atoms with Gasteiger partial charge in [-0.05, 0) is 38.2 Å². The maximum atomic E-state index is 12.0. The molecule has 0 atom stereocenters. The van der Waals surface area contributed by atoms with E-state index >= 15 is 0 Å². The lowest BCUT2D eigenvalue weighted by Crippen LogP contribution is -2.27. The zero-order valence-electron chi connectivity index (χ0n) is 12.8. The molecule has 1 aromatic carbocycles. The van der Waals surface area contributed by atoms with Crippen LogP contribution in [0.2, 0.25) is 0 Å². The van der Waals surface area contributed by atoms with E-state index in [-0.39, 0.29) is 30.7 Å². The molecule has 2 N–H and O–H groups in total. The van der Waals surface area contributed by atoms with Gasteiger partial charge in [-0.1, -0.05) is 18.2 Å². The Labute approximate surface area is 148 Å². The summed E-state index contributed by atoms with van der Waals surface area (Å²) in [4.78, 5) is 16.0. The molecule has 1 heterocycles. The zero-order valence-corrected chi connectivity index (χ0v) is 14.5. The van der Waals surface area contributed by atoms with Gasteiger partial charge in [0.1, 0.15) is 17.2 Å². The number of aromatic nitrogens is 1. The minimum atomic E-state index is -0.190. The molecule has 1 amide bonds. The molecule has 0 bridgehead atoms. The molecule has 0 saturated heterocycles. The predicted octanol–water partition coefficient (Wildman–Crippen LogP) is 3.06. The Bertz CT molecular complexity index is 583. The monoisotopic (exact) mass is 357 g/mol. The summed E-state index contributed by atoms with van der Waals surface area (Å²) in [6.45, 7) is 1.48. The highest BCUT2D eigenvalue weighted by atomic mass is 35.5. The number of carbonyl (C=O) groups is 1. The third kappa shape index (κ3) is 7.32. The number of pyridine rings is 1. The number of benzene rings is 1. The van der Waals surface area contributed by atoms with Crippen molar-refractivity contribution in [3.05, 3.63) is 54.4 Å². The standard InChI is InChI=1S/C16H19N3O2.2ClH/c1-17-9-5-10-19-16(20)15-12-14(8-11-18-15)21-13-6-3-2-4-7-13;;/h2-4,6-8,11-12,17H,5,9-10H2,1H3,(H,19,20);2*1H. The molecule has 0 aliphatic carbocycles. The highest BCUT2D eigenvalue weighted by Crippen LogP contribution is 2.20. The highest BCUT2D eigenvalue weighted by Gasteiger charge is 2.08. The van der Waals surface area contributed by atoms with E-state index in [4.69, 9.17) is 4.74 Å². The minimum absolute atomic E-state index is 0. The molecule has 0 saturated carbocycles. The number of hydrogen-bond acceptors (Lipinski definition) is 4. The van der Waals surface area contributed by atoms with Crippen LogP contribution in [0.3, 0.4) is 0 Å². The highest BCUT2D eigenvalue weighted by molar-refractivity contribution is 5.92. The third-order valence-corrected chi connectivity index (χ3v) is 2.83. The van der Waals surface area contributed by atoms with E-state index in [0.29, 0.717) is 18.0 Å². The van der Waals surface area contributed by atoms with Gasteiger partial charge in [-0.15, -0.1) is 24.8 Å². The van der Waals surface area contributed by atoms with Crippen LogP contribution in [-0.2, 0) is 0 Å². The first-order chi connectivity index (χ1) is 10.3. The van der Waals surface area contributed by atoms with Crippen molar-refractivity contribution in [3.8, 4) is 11.5 Å². The number of nitrogens with one attached hydrogen (secondary N) is 2. The summed E-state index contributed by atoms with van der Waals surface area (Å²) in [5.74, 6) is 1.13. The van der Waals surface area contributed by atoms with E-state index < -0.39 is 0 Å². The number of para-hydroxylation sites is 1. The van der Waals surface area contributed by atoms with Gasteiger partial charge >= 0.3 is 0 Å². The first-order valence-electron chi connectivity index (χ1n) is 6.91. The number of nitrogens with zero attached hydrogens (tertiary/aromatic N) is 1. The van der Waals surface area contributed by atoms with Crippen molar-refractivity contribution in [2.75, 3.05) is 20.1 Å². The number of hydrogen-bond donors (Lipinski definition) is 2. The fraction of sp³-hybridized carbons (Fsp3) is 0.250. The van der Waals surface area contributed by atoms with Crippen molar-refractivity contribution < 1.29 is 9.53 Å². The molecular formula is C16H21Cl2N3O2. The van der Waals surface area contributed by atoms with Gasteiger partial charge in [-0.3, -0.25) is 9.78 Å². The molecule has 0 aliphatic heterocycles. The first-order valence-corrected chi connectivity index (χ1v) is 6.91. The van der Waals surface area contributed by atoms with Gasteiger partial charge in [0, 0.05) is 18.8 Å². The van der Waals surface area contributed by atoms with Crippen molar-refractivity contribution in [2.45, 2.75) is 6.42 Å². The van der Waals surface area contributed by atoms with E-state index in [0.717, 1.165) is 18.7 Å². The van der Waals surface area contributed by atoms with Gasteiger partial charge in [-0.25, -0.2) is 0 Å². The van der Waals surface area contributed by atoms with E-state index in [1.54, 1.807) is 18.3 Å². The van der Waals surface area contributed by atoms with Gasteiger partial charge in [0.15, 0.2) is 0 Å². The van der Waals surface area contributed by atoms with Gasteiger partial charge in [0.05, 0.1) is 0 Å². The zero-order chi connectivity index (χ0) is 14.9.